The van der Waals surface area contributed by atoms with Crippen molar-refractivity contribution in [2.75, 3.05) is 11.6 Å². The van der Waals surface area contributed by atoms with E-state index in [0.29, 0.717) is 36.0 Å². The van der Waals surface area contributed by atoms with Gasteiger partial charge in [0.05, 0.1) is 23.6 Å². The molecule has 0 N–H and O–H groups in total. The zero-order valence-corrected chi connectivity index (χ0v) is 19.8. The van der Waals surface area contributed by atoms with E-state index in [2.05, 4.69) is 29.4 Å². The van der Waals surface area contributed by atoms with Crippen LogP contribution in [0.2, 0.25) is 0 Å². The summed E-state index contributed by atoms with van der Waals surface area (Å²) in [4.78, 5) is 13.1. The van der Waals surface area contributed by atoms with E-state index in [0.717, 1.165) is 16.8 Å². The number of hydrazone groups is 1. The van der Waals surface area contributed by atoms with Crippen LogP contribution < -0.4 is 14.5 Å². The van der Waals surface area contributed by atoms with Gasteiger partial charge in [-0.15, -0.1) is 0 Å². The molecule has 0 fully saturated rings. The van der Waals surface area contributed by atoms with Crippen LogP contribution in [0.5, 0.6) is 11.5 Å². The predicted molar refractivity (Wildman–Crippen MR) is 141 cm³/mol. The number of carbonyl (C=O) groups is 1. The van der Waals surface area contributed by atoms with Gasteiger partial charge in [-0.3, -0.25) is 4.79 Å². The molecule has 174 valence electrons. The fourth-order valence-corrected chi connectivity index (χ4v) is 4.17. The van der Waals surface area contributed by atoms with Crippen LogP contribution >= 0.6 is 0 Å². The zero-order valence-electron chi connectivity index (χ0n) is 19.8. The number of rotatable bonds is 7. The Kier molecular flexibility index (Phi) is 6.31. The van der Waals surface area contributed by atoms with Crippen molar-refractivity contribution >= 4 is 34.2 Å². The van der Waals surface area contributed by atoms with Crippen molar-refractivity contribution in [3.63, 3.8) is 0 Å². The molecule has 1 aliphatic heterocycles. The third kappa shape index (κ3) is 4.66. The highest BCUT2D eigenvalue weighted by Gasteiger charge is 2.28. The van der Waals surface area contributed by atoms with Crippen LogP contribution in [0.15, 0.2) is 102 Å². The highest BCUT2D eigenvalue weighted by atomic mass is 16.5. The van der Waals surface area contributed by atoms with Gasteiger partial charge >= 0.3 is 0 Å². The summed E-state index contributed by atoms with van der Waals surface area (Å²) in [5, 5.41) is 8.25. The number of hydrogen-bond donors (Lipinski definition) is 0. The Morgan fingerprint density at radius 1 is 0.857 bits per heavy atom. The van der Waals surface area contributed by atoms with E-state index in [9.17, 15) is 4.79 Å². The molecule has 0 atom stereocenters. The van der Waals surface area contributed by atoms with Gasteiger partial charge in [0.25, 0.3) is 5.91 Å². The van der Waals surface area contributed by atoms with Gasteiger partial charge in [0.15, 0.2) is 11.5 Å². The van der Waals surface area contributed by atoms with E-state index in [-0.39, 0.29) is 5.91 Å². The Balaban J connectivity index is 1.39. The smallest absolute Gasteiger partial charge is 0.280 e. The van der Waals surface area contributed by atoms with Crippen LogP contribution in [-0.4, -0.2) is 18.2 Å². The van der Waals surface area contributed by atoms with E-state index in [1.165, 1.54) is 15.8 Å². The lowest BCUT2D eigenvalue weighted by atomic mass is 10.1. The summed E-state index contributed by atoms with van der Waals surface area (Å²) in [6, 6.07) is 29.6. The number of carbonyl (C=O) groups excluding carboxylic acids is 1. The molecule has 1 amide bonds. The molecule has 0 radical (unpaired) electrons. The van der Waals surface area contributed by atoms with Gasteiger partial charge in [-0.1, -0.05) is 66.7 Å². The van der Waals surface area contributed by atoms with Gasteiger partial charge < -0.3 is 9.47 Å². The molecule has 1 aliphatic rings. The predicted octanol–water partition coefficient (Wildman–Crippen LogP) is 6.62. The first kappa shape index (κ1) is 22.4. The number of anilines is 1. The first-order chi connectivity index (χ1) is 17.1. The Bertz CT molecular complexity index is 1440. The van der Waals surface area contributed by atoms with E-state index in [1.54, 1.807) is 0 Å². The highest BCUT2D eigenvalue weighted by molar-refractivity contribution is 6.32. The third-order valence-electron chi connectivity index (χ3n) is 5.91. The molecule has 5 heteroatoms. The average Bonchev–Trinajstić information content (AvgIpc) is 3.17. The minimum absolute atomic E-state index is 0.150. The number of ether oxygens (including phenoxy) is 2. The summed E-state index contributed by atoms with van der Waals surface area (Å²) in [7, 11) is 0. The summed E-state index contributed by atoms with van der Waals surface area (Å²) in [6.45, 7) is 4.72. The molecule has 5 rings (SSSR count). The Labute approximate surface area is 204 Å². The topological polar surface area (TPSA) is 51.1 Å². The van der Waals surface area contributed by atoms with Crippen molar-refractivity contribution in [2.24, 2.45) is 5.10 Å². The molecule has 0 saturated carbocycles. The van der Waals surface area contributed by atoms with E-state index < -0.39 is 0 Å². The van der Waals surface area contributed by atoms with E-state index in [4.69, 9.17) is 9.47 Å². The molecule has 0 aromatic heterocycles. The molecule has 1 heterocycles. The minimum atomic E-state index is -0.150. The molecular weight excluding hydrogens is 436 g/mol. The largest absolute Gasteiger partial charge is 0.490 e. The SMILES string of the molecule is CCOc1cc(/C=C2/C(=O)N(c3ccccc3)N=C2C)ccc1OCc1cccc2ccccc12. The van der Waals surface area contributed by atoms with Crippen LogP contribution in [0.1, 0.15) is 25.0 Å². The monoisotopic (exact) mass is 462 g/mol. The van der Waals surface area contributed by atoms with Crippen LogP contribution in [0.4, 0.5) is 5.69 Å². The number of fused-ring (bicyclic) bond motifs is 1. The average molecular weight is 463 g/mol. The van der Waals surface area contributed by atoms with E-state index >= 15 is 0 Å². The lowest BCUT2D eigenvalue weighted by Gasteiger charge is -2.14. The quantitative estimate of drug-likeness (QED) is 0.290. The second-order valence-electron chi connectivity index (χ2n) is 8.26. The molecule has 0 aliphatic carbocycles. The van der Waals surface area contributed by atoms with Gasteiger partial charge in [0, 0.05) is 0 Å². The van der Waals surface area contributed by atoms with Crippen molar-refractivity contribution in [2.45, 2.75) is 20.5 Å². The summed E-state index contributed by atoms with van der Waals surface area (Å²) in [5.41, 5.74) is 3.93. The van der Waals surface area contributed by atoms with Gasteiger partial charge in [-0.25, -0.2) is 0 Å². The minimum Gasteiger partial charge on any atom is -0.490 e. The van der Waals surface area contributed by atoms with E-state index in [1.807, 2.05) is 86.7 Å². The summed E-state index contributed by atoms with van der Waals surface area (Å²) < 4.78 is 12.1. The maximum Gasteiger partial charge on any atom is 0.280 e. The number of hydrogen-bond acceptors (Lipinski definition) is 4. The number of nitrogens with zero attached hydrogens (tertiary/aromatic N) is 2. The first-order valence-corrected chi connectivity index (χ1v) is 11.7. The molecule has 0 bridgehead atoms. The second-order valence-corrected chi connectivity index (χ2v) is 8.26. The fraction of sp³-hybridized carbons (Fsp3) is 0.133. The normalized spacial score (nSPS) is 14.5. The molecule has 4 aromatic carbocycles. The number of amides is 1. The van der Waals surface area contributed by atoms with Crippen molar-refractivity contribution in [3.8, 4) is 11.5 Å². The van der Waals surface area contributed by atoms with Gasteiger partial charge in [-0.2, -0.15) is 10.1 Å². The van der Waals surface area contributed by atoms with Crippen LogP contribution in [0.3, 0.4) is 0 Å². The Morgan fingerprint density at radius 2 is 1.63 bits per heavy atom. The number of para-hydroxylation sites is 1. The lowest BCUT2D eigenvalue weighted by Crippen LogP contribution is -2.21. The van der Waals surface area contributed by atoms with Crippen LogP contribution in [0, 0.1) is 0 Å². The fourth-order valence-electron chi connectivity index (χ4n) is 4.17. The van der Waals surface area contributed by atoms with Gasteiger partial charge in [0.2, 0.25) is 0 Å². The number of benzene rings is 4. The zero-order chi connectivity index (χ0) is 24.2. The molecule has 0 saturated heterocycles. The Morgan fingerprint density at radius 3 is 2.46 bits per heavy atom. The van der Waals surface area contributed by atoms with Crippen molar-refractivity contribution in [1.29, 1.82) is 0 Å². The van der Waals surface area contributed by atoms with Crippen molar-refractivity contribution in [1.82, 2.24) is 0 Å². The lowest BCUT2D eigenvalue weighted by molar-refractivity contribution is -0.114. The third-order valence-corrected chi connectivity index (χ3v) is 5.91. The summed E-state index contributed by atoms with van der Waals surface area (Å²) in [6.07, 6.45) is 1.85. The molecular formula is C30H26N2O3. The molecule has 0 unspecified atom stereocenters. The molecule has 4 aromatic rings. The molecule has 5 nitrogen and oxygen atoms in total. The van der Waals surface area contributed by atoms with Crippen LogP contribution in [0.25, 0.3) is 16.8 Å². The first-order valence-electron chi connectivity index (χ1n) is 11.7. The second kappa shape index (κ2) is 9.85. The standard InChI is InChI=1S/C30H26N2O3/c1-3-34-29-19-22(18-27-21(2)31-32(30(27)33)25-13-5-4-6-14-25)16-17-28(29)35-20-24-12-9-11-23-10-7-8-15-26(23)24/h4-19H,3,20H2,1-2H3/b27-18+. The highest BCUT2D eigenvalue weighted by Crippen LogP contribution is 2.32. The van der Waals surface area contributed by atoms with Gasteiger partial charge in [0.1, 0.15) is 6.61 Å². The maximum atomic E-state index is 13.1. The van der Waals surface area contributed by atoms with Crippen molar-refractivity contribution in [3.05, 3.63) is 108 Å². The Hall–Kier alpha value is -4.38. The maximum absolute atomic E-state index is 13.1. The summed E-state index contributed by atoms with van der Waals surface area (Å²) >= 11 is 0. The molecule has 35 heavy (non-hydrogen) atoms. The summed E-state index contributed by atoms with van der Waals surface area (Å²) in [5.74, 6) is 1.15. The van der Waals surface area contributed by atoms with Crippen LogP contribution in [-0.2, 0) is 11.4 Å². The van der Waals surface area contributed by atoms with Gasteiger partial charge in [-0.05, 0) is 66.1 Å². The molecule has 0 spiro atoms. The van der Waals surface area contributed by atoms with Crippen molar-refractivity contribution < 1.29 is 14.3 Å².